The minimum atomic E-state index is -0.188. The van der Waals surface area contributed by atoms with E-state index in [1.165, 1.54) is 11.3 Å². The number of aryl methyl sites for hydroxylation is 1. The van der Waals surface area contributed by atoms with Crippen LogP contribution in [-0.4, -0.2) is 52.4 Å². The lowest BCUT2D eigenvalue weighted by atomic mass is 10.0. The molecule has 1 aliphatic heterocycles. The third-order valence-electron chi connectivity index (χ3n) is 5.41. The number of nitriles is 1. The Morgan fingerprint density at radius 1 is 1.25 bits per heavy atom. The standard InChI is InChI=1S/C23H20N6O2S/c1-14-9-17(11-18-13-25-28-19(14)18)21-20(16-4-2-3-15(10-16)12-24)26-22(32-21)27-23(30)29-5-7-31-8-6-29/h2-4,9-11,13H,5-8H2,1H3,(H,25,28)(H,26,27,30). The van der Waals surface area contributed by atoms with Crippen molar-refractivity contribution in [3.05, 3.63) is 53.7 Å². The van der Waals surface area contributed by atoms with Crippen molar-refractivity contribution < 1.29 is 9.53 Å². The summed E-state index contributed by atoms with van der Waals surface area (Å²) in [7, 11) is 0. The second-order valence-electron chi connectivity index (χ2n) is 7.55. The van der Waals surface area contributed by atoms with Crippen molar-refractivity contribution in [2.75, 3.05) is 31.6 Å². The van der Waals surface area contributed by atoms with Crippen molar-refractivity contribution in [1.29, 1.82) is 5.26 Å². The maximum atomic E-state index is 12.7. The number of carbonyl (C=O) groups is 1. The normalized spacial score (nSPS) is 13.8. The van der Waals surface area contributed by atoms with E-state index < -0.39 is 0 Å². The maximum absolute atomic E-state index is 12.7. The molecule has 4 aromatic rings. The zero-order valence-electron chi connectivity index (χ0n) is 17.4. The molecule has 1 aliphatic rings. The molecule has 32 heavy (non-hydrogen) atoms. The Morgan fingerprint density at radius 3 is 2.91 bits per heavy atom. The molecule has 160 valence electrons. The van der Waals surface area contributed by atoms with Crippen LogP contribution in [0.4, 0.5) is 9.93 Å². The van der Waals surface area contributed by atoms with Gasteiger partial charge in [0.25, 0.3) is 0 Å². The van der Waals surface area contributed by atoms with E-state index in [0.717, 1.165) is 38.2 Å². The van der Waals surface area contributed by atoms with Gasteiger partial charge < -0.3 is 9.64 Å². The predicted octanol–water partition coefficient (Wildman–Crippen LogP) is 4.40. The van der Waals surface area contributed by atoms with E-state index in [0.29, 0.717) is 37.0 Å². The Hall–Kier alpha value is -3.74. The van der Waals surface area contributed by atoms with Crippen LogP contribution in [0.3, 0.4) is 0 Å². The number of nitrogens with zero attached hydrogens (tertiary/aromatic N) is 4. The zero-order valence-corrected chi connectivity index (χ0v) is 18.2. The number of fused-ring (bicyclic) bond motifs is 1. The Kier molecular flexibility index (Phi) is 5.31. The molecular formula is C23H20N6O2S. The number of amides is 2. The number of thiazole rings is 1. The van der Waals surface area contributed by atoms with Gasteiger partial charge in [-0.25, -0.2) is 9.78 Å². The van der Waals surface area contributed by atoms with E-state index in [9.17, 15) is 10.1 Å². The average molecular weight is 445 g/mol. The van der Waals surface area contributed by atoms with Crippen LogP contribution in [0, 0.1) is 18.3 Å². The van der Waals surface area contributed by atoms with E-state index in [-0.39, 0.29) is 6.03 Å². The molecule has 5 rings (SSSR count). The second kappa shape index (κ2) is 8.42. The quantitative estimate of drug-likeness (QED) is 0.487. The van der Waals surface area contributed by atoms with Gasteiger partial charge in [-0.15, -0.1) is 0 Å². The topological polar surface area (TPSA) is 107 Å². The molecular weight excluding hydrogens is 424 g/mol. The molecule has 0 saturated carbocycles. The van der Waals surface area contributed by atoms with Crippen molar-refractivity contribution >= 4 is 33.4 Å². The molecule has 2 aromatic carbocycles. The maximum Gasteiger partial charge on any atom is 0.323 e. The summed E-state index contributed by atoms with van der Waals surface area (Å²) in [6.45, 7) is 4.20. The molecule has 0 unspecified atom stereocenters. The fourth-order valence-corrected chi connectivity index (χ4v) is 4.77. The number of morpholine rings is 1. The predicted molar refractivity (Wildman–Crippen MR) is 124 cm³/mol. The third-order valence-corrected chi connectivity index (χ3v) is 6.43. The van der Waals surface area contributed by atoms with Gasteiger partial charge in [-0.3, -0.25) is 10.4 Å². The van der Waals surface area contributed by atoms with Gasteiger partial charge in [-0.1, -0.05) is 23.5 Å². The van der Waals surface area contributed by atoms with E-state index in [1.807, 2.05) is 25.1 Å². The minimum Gasteiger partial charge on any atom is -0.378 e. The highest BCUT2D eigenvalue weighted by Gasteiger charge is 2.21. The molecule has 0 spiro atoms. The Balaban J connectivity index is 1.58. The van der Waals surface area contributed by atoms with E-state index in [2.05, 4.69) is 33.7 Å². The first-order chi connectivity index (χ1) is 15.6. The number of anilines is 1. The minimum absolute atomic E-state index is 0.188. The molecule has 0 bridgehead atoms. The lowest BCUT2D eigenvalue weighted by Crippen LogP contribution is -2.43. The van der Waals surface area contributed by atoms with Crippen molar-refractivity contribution in [1.82, 2.24) is 20.1 Å². The smallest absolute Gasteiger partial charge is 0.323 e. The van der Waals surface area contributed by atoms with Gasteiger partial charge in [0.15, 0.2) is 5.13 Å². The molecule has 0 aliphatic carbocycles. The first kappa shape index (κ1) is 20.2. The fourth-order valence-electron chi connectivity index (χ4n) is 3.80. The van der Waals surface area contributed by atoms with Gasteiger partial charge in [-0.05, 0) is 42.3 Å². The SMILES string of the molecule is Cc1cc(-c2sc(NC(=O)N3CCOCC3)nc2-c2cccc(C#N)c2)cc2cn[nH]c12. The van der Waals surface area contributed by atoms with E-state index in [4.69, 9.17) is 9.72 Å². The molecule has 2 N–H and O–H groups in total. The average Bonchev–Trinajstić information content (AvgIpc) is 3.47. The van der Waals surface area contributed by atoms with Crippen molar-refractivity contribution in [2.24, 2.45) is 0 Å². The highest BCUT2D eigenvalue weighted by atomic mass is 32.1. The number of urea groups is 1. The summed E-state index contributed by atoms with van der Waals surface area (Å²) in [5, 5.41) is 21.0. The van der Waals surface area contributed by atoms with Crippen molar-refractivity contribution in [3.8, 4) is 27.8 Å². The number of ether oxygens (including phenoxy) is 1. The summed E-state index contributed by atoms with van der Waals surface area (Å²) in [4.78, 5) is 20.1. The Bertz CT molecular complexity index is 1350. The third kappa shape index (κ3) is 3.82. The summed E-state index contributed by atoms with van der Waals surface area (Å²) >= 11 is 1.42. The molecule has 9 heteroatoms. The van der Waals surface area contributed by atoms with E-state index in [1.54, 1.807) is 17.2 Å². The van der Waals surface area contributed by atoms with Gasteiger partial charge in [0.2, 0.25) is 0 Å². The zero-order chi connectivity index (χ0) is 22.1. The number of hydrogen-bond donors (Lipinski definition) is 2. The number of benzene rings is 2. The number of H-pyrrole nitrogens is 1. The highest BCUT2D eigenvalue weighted by molar-refractivity contribution is 7.19. The van der Waals surface area contributed by atoms with E-state index >= 15 is 0 Å². The van der Waals surface area contributed by atoms with Crippen LogP contribution in [0.2, 0.25) is 0 Å². The molecule has 3 heterocycles. The number of aromatic nitrogens is 3. The van der Waals surface area contributed by atoms with Crippen LogP contribution in [-0.2, 0) is 4.74 Å². The summed E-state index contributed by atoms with van der Waals surface area (Å²) in [5.41, 5.74) is 5.16. The lowest BCUT2D eigenvalue weighted by Gasteiger charge is -2.26. The van der Waals surface area contributed by atoms with Crippen LogP contribution in [0.25, 0.3) is 32.6 Å². The number of nitrogens with one attached hydrogen (secondary N) is 2. The molecule has 0 atom stereocenters. The fraction of sp³-hybridized carbons (Fsp3) is 0.217. The van der Waals surface area contributed by atoms with Gasteiger partial charge in [0.1, 0.15) is 0 Å². The summed E-state index contributed by atoms with van der Waals surface area (Å²) in [6, 6.07) is 13.5. The van der Waals surface area contributed by atoms with Crippen molar-refractivity contribution in [3.63, 3.8) is 0 Å². The molecule has 0 radical (unpaired) electrons. The van der Waals surface area contributed by atoms with Gasteiger partial charge in [0.05, 0.1) is 47.1 Å². The molecule has 1 saturated heterocycles. The number of aromatic amines is 1. The van der Waals surface area contributed by atoms with Gasteiger partial charge in [0, 0.05) is 24.0 Å². The van der Waals surface area contributed by atoms with Crippen LogP contribution >= 0.6 is 11.3 Å². The second-order valence-corrected chi connectivity index (χ2v) is 8.55. The van der Waals surface area contributed by atoms with Crippen LogP contribution in [0.1, 0.15) is 11.1 Å². The van der Waals surface area contributed by atoms with Gasteiger partial charge >= 0.3 is 6.03 Å². The first-order valence-electron chi connectivity index (χ1n) is 10.2. The molecule has 8 nitrogen and oxygen atoms in total. The summed E-state index contributed by atoms with van der Waals surface area (Å²) in [6.07, 6.45) is 1.80. The summed E-state index contributed by atoms with van der Waals surface area (Å²) in [5.74, 6) is 0. The van der Waals surface area contributed by atoms with Crippen molar-refractivity contribution in [2.45, 2.75) is 6.92 Å². The largest absolute Gasteiger partial charge is 0.378 e. The monoisotopic (exact) mass is 444 g/mol. The Labute approximate surface area is 188 Å². The lowest BCUT2D eigenvalue weighted by molar-refractivity contribution is 0.0564. The Morgan fingerprint density at radius 2 is 2.09 bits per heavy atom. The summed E-state index contributed by atoms with van der Waals surface area (Å²) < 4.78 is 5.33. The van der Waals surface area contributed by atoms with Gasteiger partial charge in [-0.2, -0.15) is 10.4 Å². The number of rotatable bonds is 3. The van der Waals surface area contributed by atoms with Crippen LogP contribution in [0.15, 0.2) is 42.6 Å². The van der Waals surface area contributed by atoms with Crippen LogP contribution in [0.5, 0.6) is 0 Å². The van der Waals surface area contributed by atoms with Crippen LogP contribution < -0.4 is 5.32 Å². The molecule has 1 fully saturated rings. The molecule has 2 amide bonds. The highest BCUT2D eigenvalue weighted by Crippen LogP contribution is 2.40. The molecule has 2 aromatic heterocycles. The first-order valence-corrected chi connectivity index (χ1v) is 11.0. The number of carbonyl (C=O) groups excluding carboxylic acids is 1. The number of hydrogen-bond acceptors (Lipinski definition) is 6.